The number of rotatable bonds is 19. The standard InChI is InChI=1S/C30H47I/c1-2-3-4-5-6-7-8-9-10-11-12-13-14-15-16-23-28-31(29-24-19-17-20-25-29)30-26-21-18-22-27-30/h17-22,24-27H,2-16,23,28H2,1H3. The van der Waals surface area contributed by atoms with Crippen LogP contribution in [-0.4, -0.2) is 4.43 Å². The fraction of sp³-hybridized carbons (Fsp3) is 0.600. The van der Waals surface area contributed by atoms with Gasteiger partial charge >= 0.3 is 163 Å². The van der Waals surface area contributed by atoms with E-state index < -0.39 is 19.8 Å². The summed E-state index contributed by atoms with van der Waals surface area (Å²) >= 11 is -1.25. The predicted octanol–water partition coefficient (Wildman–Crippen LogP) is 10.5. The van der Waals surface area contributed by atoms with Crippen molar-refractivity contribution in [1.82, 2.24) is 0 Å². The van der Waals surface area contributed by atoms with Gasteiger partial charge in [-0.1, -0.05) is 39.0 Å². The van der Waals surface area contributed by atoms with Crippen molar-refractivity contribution in [3.05, 3.63) is 67.8 Å². The molecule has 0 saturated heterocycles. The fourth-order valence-corrected chi connectivity index (χ4v) is 10.1. The van der Waals surface area contributed by atoms with Crippen molar-refractivity contribution < 1.29 is 0 Å². The number of hydrogen-bond donors (Lipinski definition) is 0. The molecule has 0 heterocycles. The molecule has 0 spiro atoms. The van der Waals surface area contributed by atoms with Crippen molar-refractivity contribution in [2.45, 2.75) is 110 Å². The summed E-state index contributed by atoms with van der Waals surface area (Å²) in [6, 6.07) is 22.6. The molecule has 2 aromatic rings. The molecule has 0 saturated carbocycles. The average molecular weight is 535 g/mol. The summed E-state index contributed by atoms with van der Waals surface area (Å²) in [5.74, 6) is 0. The van der Waals surface area contributed by atoms with Crippen LogP contribution in [0.25, 0.3) is 0 Å². The fourth-order valence-electron chi connectivity index (χ4n) is 4.25. The van der Waals surface area contributed by atoms with Crippen molar-refractivity contribution in [2.75, 3.05) is 4.43 Å². The second kappa shape index (κ2) is 18.7. The van der Waals surface area contributed by atoms with Crippen LogP contribution in [0, 0.1) is 7.14 Å². The average Bonchev–Trinajstić information content (AvgIpc) is 2.82. The number of alkyl halides is 1. The Hall–Kier alpha value is -0.830. The van der Waals surface area contributed by atoms with E-state index in [1.807, 2.05) is 0 Å². The van der Waals surface area contributed by atoms with E-state index in [2.05, 4.69) is 67.6 Å². The van der Waals surface area contributed by atoms with Gasteiger partial charge in [0.15, 0.2) is 0 Å². The Morgan fingerprint density at radius 3 is 1.10 bits per heavy atom. The molecule has 31 heavy (non-hydrogen) atoms. The Kier molecular flexibility index (Phi) is 16.0. The van der Waals surface area contributed by atoms with Gasteiger partial charge in [-0.25, -0.2) is 0 Å². The Labute approximate surface area is 201 Å². The molecular formula is C30H47I. The molecule has 0 amide bonds. The maximum atomic E-state index is 2.37. The van der Waals surface area contributed by atoms with E-state index in [9.17, 15) is 0 Å². The molecule has 0 N–H and O–H groups in total. The normalized spacial score (nSPS) is 11.6. The molecule has 0 atom stereocenters. The Balaban J connectivity index is 1.46. The van der Waals surface area contributed by atoms with Gasteiger partial charge in [0.25, 0.3) is 0 Å². The third-order valence-electron chi connectivity index (χ3n) is 6.17. The first-order valence-corrected chi connectivity index (χ1v) is 16.9. The summed E-state index contributed by atoms with van der Waals surface area (Å²) in [4.78, 5) is 0. The molecule has 2 rings (SSSR count). The predicted molar refractivity (Wildman–Crippen MR) is 149 cm³/mol. The molecule has 174 valence electrons. The van der Waals surface area contributed by atoms with Crippen LogP contribution in [0.5, 0.6) is 0 Å². The molecule has 0 radical (unpaired) electrons. The molecule has 0 nitrogen and oxygen atoms in total. The first-order chi connectivity index (χ1) is 15.4. The molecule has 0 fully saturated rings. The summed E-state index contributed by atoms with van der Waals surface area (Å²) in [5, 5.41) is 0. The van der Waals surface area contributed by atoms with E-state index in [0.717, 1.165) is 0 Å². The van der Waals surface area contributed by atoms with Crippen molar-refractivity contribution in [2.24, 2.45) is 0 Å². The summed E-state index contributed by atoms with van der Waals surface area (Å²) in [7, 11) is 0. The van der Waals surface area contributed by atoms with Gasteiger partial charge in [-0.2, -0.15) is 0 Å². The van der Waals surface area contributed by atoms with Gasteiger partial charge in [0, 0.05) is 0 Å². The van der Waals surface area contributed by atoms with Gasteiger partial charge in [-0.05, 0) is 0 Å². The number of unbranched alkanes of at least 4 members (excludes halogenated alkanes) is 15. The van der Waals surface area contributed by atoms with Crippen LogP contribution in [0.3, 0.4) is 0 Å². The van der Waals surface area contributed by atoms with Gasteiger partial charge in [0.2, 0.25) is 0 Å². The second-order valence-electron chi connectivity index (χ2n) is 8.95. The summed E-state index contributed by atoms with van der Waals surface area (Å²) in [6.07, 6.45) is 23.2. The van der Waals surface area contributed by atoms with Gasteiger partial charge < -0.3 is 0 Å². The molecule has 0 aliphatic carbocycles. The van der Waals surface area contributed by atoms with Crippen LogP contribution in [0.1, 0.15) is 110 Å². The number of hydrogen-bond acceptors (Lipinski definition) is 0. The van der Waals surface area contributed by atoms with E-state index in [0.29, 0.717) is 0 Å². The summed E-state index contributed by atoms with van der Waals surface area (Å²) in [6.45, 7) is 2.30. The van der Waals surface area contributed by atoms with Gasteiger partial charge in [0.05, 0.1) is 0 Å². The van der Waals surface area contributed by atoms with E-state index >= 15 is 0 Å². The van der Waals surface area contributed by atoms with Crippen LogP contribution in [0.4, 0.5) is 0 Å². The Morgan fingerprint density at radius 2 is 0.742 bits per heavy atom. The van der Waals surface area contributed by atoms with Crippen LogP contribution >= 0.6 is 19.8 Å². The second-order valence-corrected chi connectivity index (χ2v) is 14.6. The quantitative estimate of drug-likeness (QED) is 0.0955. The number of benzene rings is 2. The molecule has 2 aromatic carbocycles. The van der Waals surface area contributed by atoms with Crippen LogP contribution in [0.15, 0.2) is 60.7 Å². The third-order valence-corrected chi connectivity index (χ3v) is 12.5. The van der Waals surface area contributed by atoms with E-state index in [1.165, 1.54) is 107 Å². The zero-order valence-corrected chi connectivity index (χ0v) is 22.3. The molecule has 0 aliphatic rings. The van der Waals surface area contributed by atoms with Crippen LogP contribution in [0.2, 0.25) is 0 Å². The van der Waals surface area contributed by atoms with Crippen LogP contribution < -0.4 is 0 Å². The molecule has 0 aromatic heterocycles. The maximum absolute atomic E-state index is 2.37. The van der Waals surface area contributed by atoms with E-state index in [1.54, 1.807) is 7.14 Å². The molecule has 0 aliphatic heterocycles. The molecular weight excluding hydrogens is 487 g/mol. The Bertz CT molecular complexity index is 582. The molecule has 0 bridgehead atoms. The van der Waals surface area contributed by atoms with Gasteiger partial charge in [-0.15, -0.1) is 0 Å². The van der Waals surface area contributed by atoms with Crippen molar-refractivity contribution in [3.8, 4) is 0 Å². The van der Waals surface area contributed by atoms with E-state index in [4.69, 9.17) is 0 Å². The van der Waals surface area contributed by atoms with Crippen molar-refractivity contribution >= 4 is 19.8 Å². The number of halogens is 1. The first kappa shape index (κ1) is 26.4. The van der Waals surface area contributed by atoms with E-state index in [-0.39, 0.29) is 0 Å². The SMILES string of the molecule is CCCCCCCCCCCCCCCCCCI(c1ccccc1)c1ccccc1. The summed E-state index contributed by atoms with van der Waals surface area (Å²) < 4.78 is 4.67. The van der Waals surface area contributed by atoms with Crippen LogP contribution in [-0.2, 0) is 0 Å². The molecule has 1 heteroatoms. The van der Waals surface area contributed by atoms with Crippen molar-refractivity contribution in [3.63, 3.8) is 0 Å². The minimum absolute atomic E-state index is 1.25. The first-order valence-electron chi connectivity index (χ1n) is 13.2. The zero-order chi connectivity index (χ0) is 21.8. The van der Waals surface area contributed by atoms with Crippen molar-refractivity contribution in [1.29, 1.82) is 0 Å². The molecule has 0 unspecified atom stereocenters. The Morgan fingerprint density at radius 1 is 0.419 bits per heavy atom. The minimum atomic E-state index is -1.25. The van der Waals surface area contributed by atoms with Gasteiger partial charge in [-0.3, -0.25) is 0 Å². The third kappa shape index (κ3) is 12.7. The topological polar surface area (TPSA) is 0 Å². The van der Waals surface area contributed by atoms with Gasteiger partial charge in [0.1, 0.15) is 0 Å². The zero-order valence-electron chi connectivity index (χ0n) is 20.2. The monoisotopic (exact) mass is 534 g/mol. The summed E-state index contributed by atoms with van der Waals surface area (Å²) in [5.41, 5.74) is 0.